The Morgan fingerprint density at radius 1 is 1.24 bits per heavy atom. The molecule has 1 aromatic rings. The summed E-state index contributed by atoms with van der Waals surface area (Å²) in [5.74, 6) is 1.79. The van der Waals surface area contributed by atoms with Crippen LogP contribution in [0.5, 0.6) is 11.5 Å². The topological polar surface area (TPSA) is 59.6 Å². The summed E-state index contributed by atoms with van der Waals surface area (Å²) in [6.07, 6.45) is 3.28. The quantitative estimate of drug-likeness (QED) is 0.838. The summed E-state index contributed by atoms with van der Waals surface area (Å²) < 4.78 is 10.7. The monoisotopic (exact) mass is 368 g/mol. The Kier molecular flexibility index (Phi) is 6.22. The van der Waals surface area contributed by atoms with Crippen molar-refractivity contribution in [3.8, 4) is 11.5 Å². The average Bonchev–Trinajstić information content (AvgIpc) is 3.28. The smallest absolute Gasteiger partial charge is 0.224 e. The van der Waals surface area contributed by atoms with Crippen molar-refractivity contribution in [1.29, 1.82) is 0 Å². The first-order chi connectivity index (χ1) is 11.5. The summed E-state index contributed by atoms with van der Waals surface area (Å²) in [5, 5.41) is 6.58. The van der Waals surface area contributed by atoms with Crippen LogP contribution in [0.25, 0.3) is 0 Å². The first-order valence-electron chi connectivity index (χ1n) is 8.74. The van der Waals surface area contributed by atoms with E-state index in [1.807, 2.05) is 26.0 Å². The molecule has 140 valence electrons. The van der Waals surface area contributed by atoms with E-state index in [4.69, 9.17) is 9.47 Å². The van der Waals surface area contributed by atoms with Crippen LogP contribution in [0.1, 0.15) is 43.4 Å². The van der Waals surface area contributed by atoms with Gasteiger partial charge in [0, 0.05) is 5.92 Å². The maximum absolute atomic E-state index is 12.7. The maximum atomic E-state index is 12.7. The Hall–Kier alpha value is -1.46. The number of carbonyl (C=O) groups excluding carboxylic acids is 1. The standard InChI is InChI=1S/C19H28N2O3.ClH/c1-12-9-16(23-3)17(24-4)10-14(12)13(2)21-18(22)15-11-19(15)5-7-20-8-6-19;/h9-10,13,15,20H,5-8,11H2,1-4H3,(H,21,22);1H. The Labute approximate surface area is 156 Å². The van der Waals surface area contributed by atoms with Crippen molar-refractivity contribution in [2.75, 3.05) is 27.3 Å². The fraction of sp³-hybridized carbons (Fsp3) is 0.632. The van der Waals surface area contributed by atoms with E-state index >= 15 is 0 Å². The van der Waals surface area contributed by atoms with Gasteiger partial charge in [0.15, 0.2) is 11.5 Å². The average molecular weight is 369 g/mol. The summed E-state index contributed by atoms with van der Waals surface area (Å²) in [4.78, 5) is 12.7. The third-order valence-electron chi connectivity index (χ3n) is 5.70. The maximum Gasteiger partial charge on any atom is 0.224 e. The molecule has 1 saturated heterocycles. The molecule has 0 bridgehead atoms. The molecule has 3 rings (SSSR count). The molecule has 2 aliphatic rings. The number of benzene rings is 1. The molecule has 2 N–H and O–H groups in total. The van der Waals surface area contributed by atoms with Crippen LogP contribution in [-0.4, -0.2) is 33.2 Å². The van der Waals surface area contributed by atoms with Crippen molar-refractivity contribution in [2.45, 2.75) is 39.2 Å². The van der Waals surface area contributed by atoms with Gasteiger partial charge in [-0.2, -0.15) is 0 Å². The van der Waals surface area contributed by atoms with Crippen molar-refractivity contribution in [3.63, 3.8) is 0 Å². The number of halogens is 1. The number of rotatable bonds is 5. The zero-order valence-electron chi connectivity index (χ0n) is 15.5. The van der Waals surface area contributed by atoms with E-state index in [0.29, 0.717) is 11.5 Å². The highest BCUT2D eigenvalue weighted by molar-refractivity contribution is 5.85. The summed E-state index contributed by atoms with van der Waals surface area (Å²) in [6, 6.07) is 3.88. The molecule has 5 nitrogen and oxygen atoms in total. The summed E-state index contributed by atoms with van der Waals surface area (Å²) in [5.41, 5.74) is 2.43. The van der Waals surface area contributed by atoms with E-state index in [1.165, 1.54) is 0 Å². The molecule has 2 fully saturated rings. The normalized spacial score (nSPS) is 21.8. The fourth-order valence-electron chi connectivity index (χ4n) is 4.05. The van der Waals surface area contributed by atoms with Crippen LogP contribution in [0.3, 0.4) is 0 Å². The first-order valence-corrected chi connectivity index (χ1v) is 8.74. The van der Waals surface area contributed by atoms with Crippen LogP contribution < -0.4 is 20.1 Å². The van der Waals surface area contributed by atoms with Crippen LogP contribution in [0.2, 0.25) is 0 Å². The Balaban J connectivity index is 0.00000225. The number of hydrogen-bond acceptors (Lipinski definition) is 4. The first kappa shape index (κ1) is 19.9. The lowest BCUT2D eigenvalue weighted by atomic mass is 9.91. The molecule has 2 atom stereocenters. The van der Waals surface area contributed by atoms with Crippen LogP contribution in [0, 0.1) is 18.3 Å². The van der Waals surface area contributed by atoms with E-state index in [9.17, 15) is 4.79 Å². The van der Waals surface area contributed by atoms with Crippen molar-refractivity contribution in [3.05, 3.63) is 23.3 Å². The summed E-state index contributed by atoms with van der Waals surface area (Å²) >= 11 is 0. The van der Waals surface area contributed by atoms with E-state index < -0.39 is 0 Å². The molecule has 6 heteroatoms. The van der Waals surface area contributed by atoms with Gasteiger partial charge in [-0.05, 0) is 74.9 Å². The van der Waals surface area contributed by atoms with E-state index in [0.717, 1.165) is 43.5 Å². The van der Waals surface area contributed by atoms with Crippen molar-refractivity contribution < 1.29 is 14.3 Å². The van der Waals surface area contributed by atoms with Gasteiger partial charge in [0.05, 0.1) is 20.3 Å². The van der Waals surface area contributed by atoms with Gasteiger partial charge in [0.1, 0.15) is 0 Å². The Morgan fingerprint density at radius 2 is 1.84 bits per heavy atom. The number of ether oxygens (including phenoxy) is 2. The zero-order valence-corrected chi connectivity index (χ0v) is 16.3. The lowest BCUT2D eigenvalue weighted by Gasteiger charge is -2.24. The van der Waals surface area contributed by atoms with Gasteiger partial charge in [-0.1, -0.05) is 0 Å². The second-order valence-corrected chi connectivity index (χ2v) is 7.16. The van der Waals surface area contributed by atoms with Gasteiger partial charge in [-0.15, -0.1) is 12.4 Å². The summed E-state index contributed by atoms with van der Waals surface area (Å²) in [6.45, 7) is 6.14. The van der Waals surface area contributed by atoms with Crippen LogP contribution in [0.15, 0.2) is 12.1 Å². The van der Waals surface area contributed by atoms with Gasteiger partial charge in [-0.3, -0.25) is 4.79 Å². The van der Waals surface area contributed by atoms with Crippen molar-refractivity contribution >= 4 is 18.3 Å². The largest absolute Gasteiger partial charge is 0.493 e. The second-order valence-electron chi connectivity index (χ2n) is 7.16. The highest BCUT2D eigenvalue weighted by Gasteiger charge is 2.57. The SMILES string of the molecule is COc1cc(C)c(C(C)NC(=O)C2CC23CCNCC3)cc1OC.Cl. The molecule has 0 aromatic heterocycles. The number of piperidine rings is 1. The molecule has 1 aliphatic heterocycles. The highest BCUT2D eigenvalue weighted by Crippen LogP contribution is 2.58. The van der Waals surface area contributed by atoms with Gasteiger partial charge in [-0.25, -0.2) is 0 Å². The third kappa shape index (κ3) is 3.87. The van der Waals surface area contributed by atoms with Gasteiger partial charge < -0.3 is 20.1 Å². The van der Waals surface area contributed by atoms with Gasteiger partial charge in [0.25, 0.3) is 0 Å². The molecule has 1 heterocycles. The molecule has 1 spiro atoms. The van der Waals surface area contributed by atoms with Gasteiger partial charge >= 0.3 is 0 Å². The molecule has 25 heavy (non-hydrogen) atoms. The predicted molar refractivity (Wildman–Crippen MR) is 101 cm³/mol. The minimum absolute atomic E-state index is 0. The van der Waals surface area contributed by atoms with Crippen LogP contribution >= 0.6 is 12.4 Å². The summed E-state index contributed by atoms with van der Waals surface area (Å²) in [7, 11) is 3.26. The van der Waals surface area contributed by atoms with Crippen molar-refractivity contribution in [2.24, 2.45) is 11.3 Å². The Bertz CT molecular complexity index is 629. The molecule has 1 aliphatic carbocycles. The number of aryl methyl sites for hydroxylation is 1. The molecule has 0 radical (unpaired) electrons. The van der Waals surface area contributed by atoms with Gasteiger partial charge in [0.2, 0.25) is 5.91 Å². The molecule has 1 aromatic carbocycles. The fourth-order valence-corrected chi connectivity index (χ4v) is 4.05. The van der Waals surface area contributed by atoms with Crippen molar-refractivity contribution in [1.82, 2.24) is 10.6 Å². The van der Waals surface area contributed by atoms with E-state index in [2.05, 4.69) is 10.6 Å². The Morgan fingerprint density at radius 3 is 2.44 bits per heavy atom. The minimum Gasteiger partial charge on any atom is -0.493 e. The minimum atomic E-state index is -0.0447. The zero-order chi connectivity index (χ0) is 17.3. The molecule has 1 amide bonds. The van der Waals surface area contributed by atoms with E-state index in [-0.39, 0.29) is 35.7 Å². The number of methoxy groups -OCH3 is 2. The highest BCUT2D eigenvalue weighted by atomic mass is 35.5. The lowest BCUT2D eigenvalue weighted by Crippen LogP contribution is -2.34. The second kappa shape index (κ2) is 7.83. The number of carbonyl (C=O) groups is 1. The van der Waals surface area contributed by atoms with Crippen LogP contribution in [0.4, 0.5) is 0 Å². The van der Waals surface area contributed by atoms with E-state index in [1.54, 1.807) is 14.2 Å². The number of nitrogens with one attached hydrogen (secondary N) is 2. The molecule has 1 saturated carbocycles. The lowest BCUT2D eigenvalue weighted by molar-refractivity contribution is -0.123. The predicted octanol–water partition coefficient (Wildman–Crippen LogP) is 3.00. The number of amides is 1. The molecular formula is C19H29ClN2O3. The van der Waals surface area contributed by atoms with Crippen LogP contribution in [-0.2, 0) is 4.79 Å². The third-order valence-corrected chi connectivity index (χ3v) is 5.70. The molecular weight excluding hydrogens is 340 g/mol. The molecule has 2 unspecified atom stereocenters. The number of hydrogen-bond donors (Lipinski definition) is 2.